The third-order valence-electron chi connectivity index (χ3n) is 12.9. The number of fused-ring (bicyclic) bond motifs is 2. The van der Waals surface area contributed by atoms with Crippen LogP contribution in [0.3, 0.4) is 0 Å². The third-order valence-corrected chi connectivity index (χ3v) is 12.9. The van der Waals surface area contributed by atoms with E-state index in [9.17, 15) is 10.2 Å². The van der Waals surface area contributed by atoms with Crippen molar-refractivity contribution in [2.45, 2.75) is 119 Å². The van der Waals surface area contributed by atoms with Gasteiger partial charge in [-0.1, -0.05) is 71.3 Å². The SMILES string of the molecule is C=C1CC[C@H]2C(C)(C)CCC[C@@]2(C)[C@H]1CC[C@@]1(C)CCC[C@@]2(C)[C@@H](Cc3cc(O)ccc3O)C(C)=CC[C@@H]12. The maximum atomic E-state index is 10.6. The zero-order valence-electron chi connectivity index (χ0n) is 25.2. The van der Waals surface area contributed by atoms with E-state index in [1.807, 2.05) is 0 Å². The van der Waals surface area contributed by atoms with Crippen LogP contribution in [0, 0.1) is 45.3 Å². The van der Waals surface area contributed by atoms with E-state index in [0.29, 0.717) is 39.7 Å². The van der Waals surface area contributed by atoms with Gasteiger partial charge in [0.15, 0.2) is 0 Å². The van der Waals surface area contributed by atoms with Crippen LogP contribution in [0.15, 0.2) is 42.0 Å². The molecular formula is C36H54O2. The molecule has 3 fully saturated rings. The predicted octanol–water partition coefficient (Wildman–Crippen LogP) is 10.00. The first kappa shape index (κ1) is 27.9. The molecule has 2 N–H and O–H groups in total. The first-order valence-corrected chi connectivity index (χ1v) is 15.7. The number of rotatable bonds is 5. The predicted molar refractivity (Wildman–Crippen MR) is 159 cm³/mol. The van der Waals surface area contributed by atoms with Gasteiger partial charge in [-0.3, -0.25) is 0 Å². The lowest BCUT2D eigenvalue weighted by Crippen LogP contribution is -2.51. The van der Waals surface area contributed by atoms with Crippen molar-refractivity contribution < 1.29 is 10.2 Å². The lowest BCUT2D eigenvalue weighted by atomic mass is 9.45. The van der Waals surface area contributed by atoms with Crippen molar-refractivity contribution in [3.63, 3.8) is 0 Å². The van der Waals surface area contributed by atoms with Crippen LogP contribution in [-0.4, -0.2) is 10.2 Å². The first-order valence-electron chi connectivity index (χ1n) is 15.7. The fourth-order valence-electron chi connectivity index (χ4n) is 10.9. The van der Waals surface area contributed by atoms with Crippen LogP contribution in [0.25, 0.3) is 0 Å². The Morgan fingerprint density at radius 2 is 1.58 bits per heavy atom. The Labute approximate surface area is 233 Å². The number of hydrogen-bond donors (Lipinski definition) is 2. The van der Waals surface area contributed by atoms with Crippen LogP contribution < -0.4 is 0 Å². The van der Waals surface area contributed by atoms with Crippen molar-refractivity contribution in [3.8, 4) is 11.5 Å². The minimum Gasteiger partial charge on any atom is -0.508 e. The summed E-state index contributed by atoms with van der Waals surface area (Å²) in [7, 11) is 0. The summed E-state index contributed by atoms with van der Waals surface area (Å²) < 4.78 is 0. The lowest BCUT2D eigenvalue weighted by Gasteiger charge is -2.60. The quantitative estimate of drug-likeness (QED) is 0.301. The number of phenolic OH excluding ortho intramolecular Hbond substituents is 2. The van der Waals surface area contributed by atoms with Gasteiger partial charge in [-0.05, 0) is 140 Å². The van der Waals surface area contributed by atoms with Gasteiger partial charge in [0, 0.05) is 0 Å². The monoisotopic (exact) mass is 518 g/mol. The van der Waals surface area contributed by atoms with Gasteiger partial charge < -0.3 is 10.2 Å². The average Bonchev–Trinajstić information content (AvgIpc) is 2.82. The van der Waals surface area contributed by atoms with Crippen LogP contribution in [0.2, 0.25) is 0 Å². The molecular weight excluding hydrogens is 464 g/mol. The second-order valence-corrected chi connectivity index (χ2v) is 15.5. The Morgan fingerprint density at radius 1 is 0.895 bits per heavy atom. The summed E-state index contributed by atoms with van der Waals surface area (Å²) >= 11 is 0. The first-order chi connectivity index (χ1) is 17.8. The molecule has 5 rings (SSSR count). The summed E-state index contributed by atoms with van der Waals surface area (Å²) in [4.78, 5) is 0. The Bertz CT molecular complexity index is 1100. The fraction of sp³-hybridized carbons (Fsp3) is 0.722. The topological polar surface area (TPSA) is 40.5 Å². The molecule has 0 amide bonds. The van der Waals surface area contributed by atoms with E-state index in [4.69, 9.17) is 6.58 Å². The zero-order chi connectivity index (χ0) is 27.5. The van der Waals surface area contributed by atoms with Crippen molar-refractivity contribution in [1.29, 1.82) is 0 Å². The lowest BCUT2D eigenvalue weighted by molar-refractivity contribution is -0.0748. The van der Waals surface area contributed by atoms with E-state index >= 15 is 0 Å². The molecule has 0 bridgehead atoms. The van der Waals surface area contributed by atoms with E-state index < -0.39 is 0 Å². The van der Waals surface area contributed by atoms with Crippen LogP contribution in [0.5, 0.6) is 11.5 Å². The van der Waals surface area contributed by atoms with E-state index in [0.717, 1.165) is 17.9 Å². The summed E-state index contributed by atoms with van der Waals surface area (Å²) in [5.41, 5.74) is 5.30. The van der Waals surface area contributed by atoms with E-state index in [-0.39, 0.29) is 11.2 Å². The number of benzene rings is 1. The van der Waals surface area contributed by atoms with Gasteiger partial charge in [-0.2, -0.15) is 0 Å². The van der Waals surface area contributed by atoms with Gasteiger partial charge >= 0.3 is 0 Å². The molecule has 210 valence electrons. The summed E-state index contributed by atoms with van der Waals surface area (Å²) in [6.07, 6.45) is 17.7. The molecule has 4 aliphatic carbocycles. The van der Waals surface area contributed by atoms with E-state index in [1.54, 1.807) is 23.8 Å². The number of hydrogen-bond acceptors (Lipinski definition) is 2. The Balaban J connectivity index is 1.39. The second-order valence-electron chi connectivity index (χ2n) is 15.5. The highest BCUT2D eigenvalue weighted by atomic mass is 16.3. The molecule has 7 atom stereocenters. The molecule has 0 heterocycles. The Kier molecular flexibility index (Phi) is 7.14. The summed E-state index contributed by atoms with van der Waals surface area (Å²) in [5, 5.41) is 20.7. The smallest absolute Gasteiger partial charge is 0.119 e. The van der Waals surface area contributed by atoms with E-state index in [1.165, 1.54) is 76.2 Å². The fourth-order valence-corrected chi connectivity index (χ4v) is 10.9. The van der Waals surface area contributed by atoms with Gasteiger partial charge in [0.05, 0.1) is 0 Å². The maximum absolute atomic E-state index is 10.6. The molecule has 0 aromatic heterocycles. The van der Waals surface area contributed by atoms with Crippen molar-refractivity contribution in [3.05, 3.63) is 47.6 Å². The molecule has 3 saturated carbocycles. The maximum Gasteiger partial charge on any atom is 0.119 e. The highest BCUT2D eigenvalue weighted by molar-refractivity contribution is 5.40. The largest absolute Gasteiger partial charge is 0.508 e. The highest BCUT2D eigenvalue weighted by Crippen LogP contribution is 2.65. The molecule has 2 heteroatoms. The van der Waals surface area contributed by atoms with Gasteiger partial charge in [0.25, 0.3) is 0 Å². The minimum atomic E-state index is 0.215. The summed E-state index contributed by atoms with van der Waals surface area (Å²) in [6.45, 7) is 19.9. The molecule has 1 aromatic carbocycles. The van der Waals surface area contributed by atoms with Crippen molar-refractivity contribution >= 4 is 0 Å². The second kappa shape index (κ2) is 9.74. The Morgan fingerprint density at radius 3 is 2.32 bits per heavy atom. The van der Waals surface area contributed by atoms with Crippen molar-refractivity contribution in [1.82, 2.24) is 0 Å². The molecule has 0 aliphatic heterocycles. The molecule has 1 aromatic rings. The van der Waals surface area contributed by atoms with E-state index in [2.05, 4.69) is 47.6 Å². The van der Waals surface area contributed by atoms with Crippen molar-refractivity contribution in [2.75, 3.05) is 0 Å². The van der Waals surface area contributed by atoms with Crippen LogP contribution in [0.1, 0.15) is 118 Å². The highest BCUT2D eigenvalue weighted by Gasteiger charge is 2.56. The number of aromatic hydroxyl groups is 2. The van der Waals surface area contributed by atoms with Crippen molar-refractivity contribution in [2.24, 2.45) is 45.3 Å². The van der Waals surface area contributed by atoms with Gasteiger partial charge in [0.1, 0.15) is 11.5 Å². The average molecular weight is 519 g/mol. The molecule has 0 spiro atoms. The molecule has 2 nitrogen and oxygen atoms in total. The Hall–Kier alpha value is -1.70. The molecule has 4 aliphatic rings. The zero-order valence-corrected chi connectivity index (χ0v) is 25.2. The normalized spacial score (nSPS) is 40.7. The number of phenols is 2. The third kappa shape index (κ3) is 4.56. The molecule has 0 saturated heterocycles. The van der Waals surface area contributed by atoms with Crippen LogP contribution in [-0.2, 0) is 6.42 Å². The standard InChI is InChI=1S/C36H54O2/c1-24-10-14-31-33(3,4)17-8-19-35(31,6)28(24)16-21-34(5)18-9-20-36(7)29(25(2)11-15-32(34)36)23-26-22-27(37)12-13-30(26)38/h11-13,22,28-29,31-32,37-38H,1,8-10,14-21,23H2,2-7H3/t28-,29-,31-,32-,34+,35-,36-/m0/s1. The number of allylic oxidation sites excluding steroid dienone is 3. The minimum absolute atomic E-state index is 0.215. The van der Waals surface area contributed by atoms with Gasteiger partial charge in [0.2, 0.25) is 0 Å². The van der Waals surface area contributed by atoms with Crippen LogP contribution in [0.4, 0.5) is 0 Å². The van der Waals surface area contributed by atoms with Gasteiger partial charge in [-0.25, -0.2) is 0 Å². The van der Waals surface area contributed by atoms with Gasteiger partial charge in [-0.15, -0.1) is 0 Å². The molecule has 38 heavy (non-hydrogen) atoms. The molecule has 0 unspecified atom stereocenters. The molecule has 0 radical (unpaired) electrons. The van der Waals surface area contributed by atoms with Crippen LogP contribution >= 0.6 is 0 Å². The summed E-state index contributed by atoms with van der Waals surface area (Å²) in [6, 6.07) is 5.01. The summed E-state index contributed by atoms with van der Waals surface area (Å²) in [5.74, 6) is 3.10.